The first-order valence-corrected chi connectivity index (χ1v) is 4.20. The van der Waals surface area contributed by atoms with E-state index in [9.17, 15) is 9.59 Å². The number of nitrogens with one attached hydrogen (secondary N) is 1. The molecule has 74 valence electrons. The van der Waals surface area contributed by atoms with Crippen LogP contribution in [0.5, 0.6) is 0 Å². The van der Waals surface area contributed by atoms with Gasteiger partial charge in [-0.2, -0.15) is 5.48 Å². The Kier molecular flexibility index (Phi) is 3.48. The lowest BCUT2D eigenvalue weighted by Crippen LogP contribution is -2.24. The van der Waals surface area contributed by atoms with Crippen molar-refractivity contribution in [2.45, 2.75) is 6.92 Å². The molecule has 0 heterocycles. The quantitative estimate of drug-likeness (QED) is 0.720. The SMILES string of the molecule is CC(=O)NOC(=O)c1ccc(Cl)cc1. The van der Waals surface area contributed by atoms with Gasteiger partial charge in [0.15, 0.2) is 0 Å². The van der Waals surface area contributed by atoms with Crippen LogP contribution in [0.25, 0.3) is 0 Å². The van der Waals surface area contributed by atoms with Crippen molar-refractivity contribution in [1.82, 2.24) is 5.48 Å². The lowest BCUT2D eigenvalue weighted by Gasteiger charge is -2.02. The third kappa shape index (κ3) is 3.06. The van der Waals surface area contributed by atoms with Crippen LogP contribution in [0.4, 0.5) is 0 Å². The second-order valence-electron chi connectivity index (χ2n) is 2.55. The molecule has 1 amide bonds. The molecule has 0 aliphatic rings. The Morgan fingerprint density at radius 1 is 1.29 bits per heavy atom. The predicted molar refractivity (Wildman–Crippen MR) is 50.7 cm³/mol. The summed E-state index contributed by atoms with van der Waals surface area (Å²) in [5.74, 6) is -1.07. The van der Waals surface area contributed by atoms with Crippen LogP contribution in [0.2, 0.25) is 5.02 Å². The van der Waals surface area contributed by atoms with E-state index in [2.05, 4.69) is 4.84 Å². The van der Waals surface area contributed by atoms with E-state index in [1.54, 1.807) is 12.1 Å². The standard InChI is InChI=1S/C9H8ClNO3/c1-6(12)11-14-9(13)7-2-4-8(10)5-3-7/h2-5H,1H3,(H,11,12). The zero-order chi connectivity index (χ0) is 10.6. The third-order valence-electron chi connectivity index (χ3n) is 1.37. The fraction of sp³-hybridized carbons (Fsp3) is 0.111. The first kappa shape index (κ1) is 10.5. The summed E-state index contributed by atoms with van der Waals surface area (Å²) in [5, 5.41) is 0.529. The van der Waals surface area contributed by atoms with Gasteiger partial charge in [0.1, 0.15) is 0 Å². The molecule has 0 aliphatic carbocycles. The second kappa shape index (κ2) is 4.62. The highest BCUT2D eigenvalue weighted by molar-refractivity contribution is 6.30. The summed E-state index contributed by atoms with van der Waals surface area (Å²) in [4.78, 5) is 26.1. The Morgan fingerprint density at radius 2 is 1.86 bits per heavy atom. The summed E-state index contributed by atoms with van der Waals surface area (Å²) in [6.45, 7) is 1.25. The Balaban J connectivity index is 2.61. The Labute approximate surface area is 85.8 Å². The van der Waals surface area contributed by atoms with E-state index in [1.807, 2.05) is 5.48 Å². The van der Waals surface area contributed by atoms with E-state index >= 15 is 0 Å². The second-order valence-corrected chi connectivity index (χ2v) is 2.99. The monoisotopic (exact) mass is 213 g/mol. The first-order chi connectivity index (χ1) is 6.59. The number of amides is 1. The maximum atomic E-state index is 11.2. The third-order valence-corrected chi connectivity index (χ3v) is 1.62. The van der Waals surface area contributed by atoms with Crippen LogP contribution >= 0.6 is 11.6 Å². The molecule has 0 radical (unpaired) electrons. The maximum absolute atomic E-state index is 11.2. The molecular weight excluding hydrogens is 206 g/mol. The molecule has 1 N–H and O–H groups in total. The van der Waals surface area contributed by atoms with Crippen LogP contribution in [0.1, 0.15) is 17.3 Å². The van der Waals surface area contributed by atoms with E-state index in [0.717, 1.165) is 0 Å². The van der Waals surface area contributed by atoms with Crippen LogP contribution in [-0.2, 0) is 9.63 Å². The molecule has 1 rings (SSSR count). The lowest BCUT2D eigenvalue weighted by molar-refractivity contribution is -0.127. The number of benzene rings is 1. The molecule has 0 atom stereocenters. The zero-order valence-corrected chi connectivity index (χ0v) is 8.17. The summed E-state index contributed by atoms with van der Waals surface area (Å²) < 4.78 is 0. The number of hydrogen-bond donors (Lipinski definition) is 1. The topological polar surface area (TPSA) is 55.4 Å². The van der Waals surface area contributed by atoms with E-state index in [4.69, 9.17) is 11.6 Å². The van der Waals surface area contributed by atoms with E-state index in [-0.39, 0.29) is 0 Å². The first-order valence-electron chi connectivity index (χ1n) is 3.83. The van der Waals surface area contributed by atoms with Gasteiger partial charge >= 0.3 is 5.97 Å². The number of hydroxylamine groups is 1. The van der Waals surface area contributed by atoms with Gasteiger partial charge in [-0.1, -0.05) is 11.6 Å². The number of rotatable bonds is 1. The van der Waals surface area contributed by atoms with Crippen molar-refractivity contribution in [1.29, 1.82) is 0 Å². The minimum Gasteiger partial charge on any atom is -0.335 e. The fourth-order valence-corrected chi connectivity index (χ4v) is 0.889. The number of hydrogen-bond acceptors (Lipinski definition) is 3. The zero-order valence-electron chi connectivity index (χ0n) is 7.41. The molecule has 0 fully saturated rings. The van der Waals surface area contributed by atoms with Gasteiger partial charge in [0.05, 0.1) is 5.56 Å². The lowest BCUT2D eigenvalue weighted by atomic mass is 10.2. The molecule has 0 aromatic heterocycles. The van der Waals surface area contributed by atoms with Gasteiger partial charge in [0.2, 0.25) is 5.91 Å². The van der Waals surface area contributed by atoms with Gasteiger partial charge < -0.3 is 4.84 Å². The van der Waals surface area contributed by atoms with Crippen LogP contribution in [0, 0.1) is 0 Å². The number of carbonyl (C=O) groups excluding carboxylic acids is 2. The summed E-state index contributed by atoms with van der Waals surface area (Å²) in [5.41, 5.74) is 2.26. The molecule has 5 heteroatoms. The van der Waals surface area contributed by atoms with Crippen LogP contribution in [0.3, 0.4) is 0 Å². The van der Waals surface area contributed by atoms with E-state index in [1.165, 1.54) is 19.1 Å². The summed E-state index contributed by atoms with van der Waals surface area (Å²) >= 11 is 5.62. The van der Waals surface area contributed by atoms with Crippen molar-refractivity contribution in [2.75, 3.05) is 0 Å². The van der Waals surface area contributed by atoms with E-state index < -0.39 is 11.9 Å². The molecule has 0 spiro atoms. The van der Waals surface area contributed by atoms with Gasteiger partial charge in [-0.3, -0.25) is 4.79 Å². The molecule has 0 aliphatic heterocycles. The largest absolute Gasteiger partial charge is 0.362 e. The molecule has 1 aromatic carbocycles. The molecule has 0 saturated carbocycles. The van der Waals surface area contributed by atoms with Crippen molar-refractivity contribution in [3.05, 3.63) is 34.9 Å². The molecule has 0 saturated heterocycles. The van der Waals surface area contributed by atoms with Crippen LogP contribution in [0.15, 0.2) is 24.3 Å². The Morgan fingerprint density at radius 3 is 2.36 bits per heavy atom. The Bertz CT molecular complexity index is 348. The van der Waals surface area contributed by atoms with Crippen LogP contribution < -0.4 is 5.48 Å². The van der Waals surface area contributed by atoms with Crippen LogP contribution in [-0.4, -0.2) is 11.9 Å². The van der Waals surface area contributed by atoms with Gasteiger partial charge in [0, 0.05) is 11.9 Å². The summed E-state index contributed by atoms with van der Waals surface area (Å²) in [6.07, 6.45) is 0. The van der Waals surface area contributed by atoms with Gasteiger partial charge in [-0.05, 0) is 24.3 Å². The molecular formula is C9H8ClNO3. The van der Waals surface area contributed by atoms with Gasteiger partial charge in [0.25, 0.3) is 0 Å². The summed E-state index contributed by atoms with van der Waals surface area (Å²) in [6, 6.07) is 6.14. The van der Waals surface area contributed by atoms with Crippen molar-refractivity contribution < 1.29 is 14.4 Å². The van der Waals surface area contributed by atoms with Gasteiger partial charge in [-0.15, -0.1) is 0 Å². The Hall–Kier alpha value is -1.55. The highest BCUT2D eigenvalue weighted by Crippen LogP contribution is 2.09. The van der Waals surface area contributed by atoms with E-state index in [0.29, 0.717) is 10.6 Å². The fourth-order valence-electron chi connectivity index (χ4n) is 0.763. The minimum atomic E-state index is -0.628. The normalized spacial score (nSPS) is 9.29. The minimum absolute atomic E-state index is 0.322. The number of halogens is 1. The average molecular weight is 214 g/mol. The average Bonchev–Trinajstić information content (AvgIpc) is 2.15. The highest BCUT2D eigenvalue weighted by Gasteiger charge is 2.07. The smallest absolute Gasteiger partial charge is 0.335 e. The van der Waals surface area contributed by atoms with Gasteiger partial charge in [-0.25, -0.2) is 4.79 Å². The van der Waals surface area contributed by atoms with Crippen molar-refractivity contribution in [3.8, 4) is 0 Å². The maximum Gasteiger partial charge on any atom is 0.362 e. The van der Waals surface area contributed by atoms with Crippen molar-refractivity contribution in [3.63, 3.8) is 0 Å². The number of carbonyl (C=O) groups is 2. The molecule has 4 nitrogen and oxygen atoms in total. The predicted octanol–water partition coefficient (Wildman–Crippen LogP) is 1.55. The van der Waals surface area contributed by atoms with Crippen molar-refractivity contribution >= 4 is 23.5 Å². The molecule has 14 heavy (non-hydrogen) atoms. The van der Waals surface area contributed by atoms with Crippen molar-refractivity contribution in [2.24, 2.45) is 0 Å². The molecule has 1 aromatic rings. The highest BCUT2D eigenvalue weighted by atomic mass is 35.5. The molecule has 0 bridgehead atoms. The molecule has 0 unspecified atom stereocenters. The summed E-state index contributed by atoms with van der Waals surface area (Å²) in [7, 11) is 0.